The molecule has 2 aromatic carbocycles. The quantitative estimate of drug-likeness (QED) is 0.637. The van der Waals surface area contributed by atoms with Crippen LogP contribution in [0.3, 0.4) is 0 Å². The summed E-state index contributed by atoms with van der Waals surface area (Å²) in [6.45, 7) is 1.25. The van der Waals surface area contributed by atoms with Crippen molar-refractivity contribution in [2.45, 2.75) is 13.2 Å². The van der Waals surface area contributed by atoms with Gasteiger partial charge in [0.25, 0.3) is 6.29 Å². The van der Waals surface area contributed by atoms with Crippen molar-refractivity contribution in [3.8, 4) is 0 Å². The molecular formula is C16H13ClO4. The van der Waals surface area contributed by atoms with Gasteiger partial charge in [0.15, 0.2) is 0 Å². The molecule has 5 heteroatoms. The summed E-state index contributed by atoms with van der Waals surface area (Å²) in [4.78, 5) is 23.3. The van der Waals surface area contributed by atoms with E-state index in [4.69, 9.17) is 21.1 Å². The molecule has 1 atom stereocenters. The molecule has 21 heavy (non-hydrogen) atoms. The number of hydrogen-bond donors (Lipinski definition) is 0. The Morgan fingerprint density at radius 1 is 1.00 bits per heavy atom. The number of esters is 2. The maximum atomic E-state index is 12.1. The third-order valence-electron chi connectivity index (χ3n) is 2.62. The molecule has 0 aliphatic heterocycles. The summed E-state index contributed by atoms with van der Waals surface area (Å²) in [7, 11) is 0. The van der Waals surface area contributed by atoms with E-state index in [1.807, 2.05) is 6.07 Å². The molecule has 0 radical (unpaired) electrons. The van der Waals surface area contributed by atoms with Gasteiger partial charge in [0.1, 0.15) is 0 Å². The zero-order valence-electron chi connectivity index (χ0n) is 11.3. The minimum Gasteiger partial charge on any atom is -0.421 e. The summed E-state index contributed by atoms with van der Waals surface area (Å²) in [5.41, 5.74) is 0.860. The fraction of sp³-hybridized carbons (Fsp3) is 0.125. The van der Waals surface area contributed by atoms with Gasteiger partial charge >= 0.3 is 11.9 Å². The lowest BCUT2D eigenvalue weighted by Gasteiger charge is -2.17. The Kier molecular flexibility index (Phi) is 4.95. The average Bonchev–Trinajstić information content (AvgIpc) is 2.47. The molecule has 0 aliphatic carbocycles. The van der Waals surface area contributed by atoms with Crippen molar-refractivity contribution in [3.05, 3.63) is 70.7 Å². The highest BCUT2D eigenvalue weighted by atomic mass is 35.5. The Balaban J connectivity index is 2.19. The number of carbonyl (C=O) groups excluding carboxylic acids is 2. The van der Waals surface area contributed by atoms with Gasteiger partial charge < -0.3 is 9.47 Å². The largest absolute Gasteiger partial charge is 0.421 e. The van der Waals surface area contributed by atoms with Gasteiger partial charge in [-0.05, 0) is 18.2 Å². The van der Waals surface area contributed by atoms with Crippen LogP contribution in [0.15, 0.2) is 54.6 Å². The molecule has 108 valence electrons. The van der Waals surface area contributed by atoms with Crippen molar-refractivity contribution in [2.24, 2.45) is 0 Å². The van der Waals surface area contributed by atoms with Gasteiger partial charge in [-0.2, -0.15) is 0 Å². The maximum Gasteiger partial charge on any atom is 0.341 e. The van der Waals surface area contributed by atoms with Crippen LogP contribution in [0.5, 0.6) is 0 Å². The Hall–Kier alpha value is -2.33. The zero-order chi connectivity index (χ0) is 15.2. The van der Waals surface area contributed by atoms with Crippen molar-refractivity contribution >= 4 is 23.5 Å². The lowest BCUT2D eigenvalue weighted by atomic mass is 10.2. The van der Waals surface area contributed by atoms with Crippen LogP contribution in [-0.2, 0) is 14.3 Å². The minimum absolute atomic E-state index is 0.288. The Morgan fingerprint density at radius 2 is 1.71 bits per heavy atom. The molecule has 0 spiro atoms. The van der Waals surface area contributed by atoms with Gasteiger partial charge in [0.05, 0.1) is 5.56 Å². The molecule has 4 nitrogen and oxygen atoms in total. The van der Waals surface area contributed by atoms with Crippen molar-refractivity contribution in [3.63, 3.8) is 0 Å². The summed E-state index contributed by atoms with van der Waals surface area (Å²) in [6, 6.07) is 15.1. The number of rotatable bonds is 4. The van der Waals surface area contributed by atoms with Crippen LogP contribution in [-0.4, -0.2) is 11.9 Å². The van der Waals surface area contributed by atoms with Crippen LogP contribution >= 0.6 is 11.6 Å². The third-order valence-corrected chi connectivity index (χ3v) is 2.85. The monoisotopic (exact) mass is 304 g/mol. The summed E-state index contributed by atoms with van der Waals surface area (Å²) in [5, 5.41) is 0.424. The number of carbonyl (C=O) groups is 2. The van der Waals surface area contributed by atoms with E-state index in [9.17, 15) is 9.59 Å². The van der Waals surface area contributed by atoms with Gasteiger partial charge in [-0.1, -0.05) is 48.0 Å². The van der Waals surface area contributed by atoms with Crippen molar-refractivity contribution < 1.29 is 19.1 Å². The molecule has 0 saturated heterocycles. The Labute approximate surface area is 127 Å². The van der Waals surface area contributed by atoms with Crippen LogP contribution in [0.1, 0.15) is 29.1 Å². The summed E-state index contributed by atoms with van der Waals surface area (Å²) < 4.78 is 10.3. The number of ether oxygens (including phenoxy) is 2. The van der Waals surface area contributed by atoms with Gasteiger partial charge in [-0.3, -0.25) is 4.79 Å². The van der Waals surface area contributed by atoms with Crippen LogP contribution in [0.25, 0.3) is 0 Å². The smallest absolute Gasteiger partial charge is 0.341 e. The second-order valence-electron chi connectivity index (χ2n) is 4.27. The maximum absolute atomic E-state index is 12.1. The van der Waals surface area contributed by atoms with Crippen LogP contribution in [0.2, 0.25) is 5.02 Å². The molecule has 2 rings (SSSR count). The molecule has 0 amide bonds. The van der Waals surface area contributed by atoms with E-state index in [-0.39, 0.29) is 5.56 Å². The zero-order valence-corrected chi connectivity index (χ0v) is 12.0. The fourth-order valence-electron chi connectivity index (χ4n) is 1.70. The summed E-state index contributed by atoms with van der Waals surface area (Å²) in [6.07, 6.45) is -1.09. The van der Waals surface area contributed by atoms with Crippen LogP contribution < -0.4 is 0 Å². The highest BCUT2D eigenvalue weighted by Crippen LogP contribution is 2.21. The molecule has 0 fully saturated rings. The number of hydrogen-bond acceptors (Lipinski definition) is 4. The van der Waals surface area contributed by atoms with E-state index < -0.39 is 18.2 Å². The molecular weight excluding hydrogens is 292 g/mol. The average molecular weight is 305 g/mol. The molecule has 0 aromatic heterocycles. The molecule has 0 heterocycles. The second kappa shape index (κ2) is 6.90. The molecule has 2 aromatic rings. The lowest BCUT2D eigenvalue weighted by molar-refractivity contribution is -0.167. The summed E-state index contributed by atoms with van der Waals surface area (Å²) in [5.74, 6) is -1.16. The van der Waals surface area contributed by atoms with E-state index >= 15 is 0 Å². The van der Waals surface area contributed by atoms with E-state index in [1.165, 1.54) is 13.0 Å². The molecule has 0 unspecified atom stereocenters. The van der Waals surface area contributed by atoms with Gasteiger partial charge in [0, 0.05) is 17.5 Å². The Morgan fingerprint density at radius 3 is 2.33 bits per heavy atom. The highest BCUT2D eigenvalue weighted by molar-refractivity contribution is 6.30. The third kappa shape index (κ3) is 4.33. The Bertz CT molecular complexity index is 640. The first kappa shape index (κ1) is 15.1. The van der Waals surface area contributed by atoms with E-state index in [2.05, 4.69) is 0 Å². The SMILES string of the molecule is CC(=O)O[C@H](OC(=O)c1cccc(Cl)c1)c1ccccc1. The summed E-state index contributed by atoms with van der Waals surface area (Å²) >= 11 is 5.83. The topological polar surface area (TPSA) is 52.6 Å². The molecule has 0 bridgehead atoms. The van der Waals surface area contributed by atoms with Crippen LogP contribution in [0.4, 0.5) is 0 Å². The van der Waals surface area contributed by atoms with Crippen molar-refractivity contribution in [2.75, 3.05) is 0 Å². The van der Waals surface area contributed by atoms with Gasteiger partial charge in [0.2, 0.25) is 0 Å². The number of halogens is 1. The van der Waals surface area contributed by atoms with E-state index in [1.54, 1.807) is 42.5 Å². The standard InChI is InChI=1S/C16H13ClO4/c1-11(18)20-16(12-6-3-2-4-7-12)21-15(19)13-8-5-9-14(17)10-13/h2-10,16H,1H3/t16-/m1/s1. The minimum atomic E-state index is -1.09. The van der Waals surface area contributed by atoms with Gasteiger partial charge in [-0.15, -0.1) is 0 Å². The number of benzene rings is 2. The molecule has 0 saturated carbocycles. The lowest BCUT2D eigenvalue weighted by Crippen LogP contribution is -2.16. The normalized spacial score (nSPS) is 11.5. The van der Waals surface area contributed by atoms with Crippen molar-refractivity contribution in [1.82, 2.24) is 0 Å². The van der Waals surface area contributed by atoms with E-state index in [0.717, 1.165) is 0 Å². The predicted octanol–water partition coefficient (Wildman–Crippen LogP) is 3.76. The van der Waals surface area contributed by atoms with Crippen LogP contribution in [0, 0.1) is 0 Å². The molecule has 0 N–H and O–H groups in total. The second-order valence-corrected chi connectivity index (χ2v) is 4.70. The first-order valence-electron chi connectivity index (χ1n) is 6.25. The van der Waals surface area contributed by atoms with Gasteiger partial charge in [-0.25, -0.2) is 4.79 Å². The van der Waals surface area contributed by atoms with Crippen molar-refractivity contribution in [1.29, 1.82) is 0 Å². The first-order valence-corrected chi connectivity index (χ1v) is 6.63. The fourth-order valence-corrected chi connectivity index (χ4v) is 1.89. The molecule has 0 aliphatic rings. The van der Waals surface area contributed by atoms with E-state index in [0.29, 0.717) is 10.6 Å². The predicted molar refractivity (Wildman–Crippen MR) is 77.8 cm³/mol. The first-order chi connectivity index (χ1) is 10.1. The highest BCUT2D eigenvalue weighted by Gasteiger charge is 2.20.